The van der Waals surface area contributed by atoms with Gasteiger partial charge in [0.25, 0.3) is 0 Å². The van der Waals surface area contributed by atoms with Gasteiger partial charge < -0.3 is 14.8 Å². The van der Waals surface area contributed by atoms with Crippen molar-refractivity contribution in [2.45, 2.75) is 24.8 Å². The minimum atomic E-state index is 0.346. The van der Waals surface area contributed by atoms with Crippen LogP contribution in [-0.2, 0) is 11.3 Å². The minimum Gasteiger partial charge on any atom is -0.496 e. The molecule has 5 heteroatoms. The van der Waals surface area contributed by atoms with Crippen molar-refractivity contribution in [3.05, 3.63) is 29.3 Å². The van der Waals surface area contributed by atoms with Crippen LogP contribution >= 0.6 is 23.5 Å². The lowest BCUT2D eigenvalue weighted by atomic mass is 10.0. The molecule has 0 saturated carbocycles. The number of benzene rings is 1. The molecule has 0 aliphatic carbocycles. The van der Waals surface area contributed by atoms with E-state index in [1.54, 1.807) is 14.2 Å². The molecular weight excluding hydrogens is 302 g/mol. The molecule has 2 unspecified atom stereocenters. The van der Waals surface area contributed by atoms with Crippen LogP contribution in [0.3, 0.4) is 0 Å². The van der Waals surface area contributed by atoms with Crippen molar-refractivity contribution in [3.63, 3.8) is 0 Å². The van der Waals surface area contributed by atoms with Gasteiger partial charge in [-0.1, -0.05) is 6.07 Å². The molecule has 1 saturated heterocycles. The van der Waals surface area contributed by atoms with Gasteiger partial charge in [0.05, 0.1) is 13.7 Å². The Kier molecular flexibility index (Phi) is 7.23. The summed E-state index contributed by atoms with van der Waals surface area (Å²) in [6.45, 7) is 3.88. The molecule has 1 N–H and O–H groups in total. The number of rotatable bonds is 7. The van der Waals surface area contributed by atoms with Gasteiger partial charge in [0.1, 0.15) is 5.75 Å². The van der Waals surface area contributed by atoms with Crippen LogP contribution < -0.4 is 10.1 Å². The van der Waals surface area contributed by atoms with E-state index < -0.39 is 0 Å². The Morgan fingerprint density at radius 1 is 1.33 bits per heavy atom. The Hall–Kier alpha value is -0.360. The normalized spacial score (nSPS) is 20.2. The summed E-state index contributed by atoms with van der Waals surface area (Å²) in [6.07, 6.45) is 0. The van der Waals surface area contributed by atoms with E-state index in [4.69, 9.17) is 9.47 Å². The van der Waals surface area contributed by atoms with E-state index in [2.05, 4.69) is 47.9 Å². The maximum atomic E-state index is 5.38. The molecule has 118 valence electrons. The van der Waals surface area contributed by atoms with Crippen LogP contribution in [0.2, 0.25) is 0 Å². The predicted octanol–water partition coefficient (Wildman–Crippen LogP) is 3.34. The summed E-state index contributed by atoms with van der Waals surface area (Å²) in [7, 11) is 3.42. The Morgan fingerprint density at radius 2 is 2.19 bits per heavy atom. The van der Waals surface area contributed by atoms with E-state index in [1.807, 2.05) is 6.07 Å². The Labute approximate surface area is 136 Å². The zero-order valence-electron chi connectivity index (χ0n) is 13.1. The van der Waals surface area contributed by atoms with Crippen LogP contribution in [0.4, 0.5) is 0 Å². The van der Waals surface area contributed by atoms with Gasteiger partial charge in [-0.05, 0) is 24.6 Å². The first-order chi connectivity index (χ1) is 10.2. The van der Waals surface area contributed by atoms with Crippen molar-refractivity contribution in [2.75, 3.05) is 38.0 Å². The summed E-state index contributed by atoms with van der Waals surface area (Å²) in [4.78, 5) is 0. The van der Waals surface area contributed by atoms with Gasteiger partial charge in [0, 0.05) is 47.8 Å². The van der Waals surface area contributed by atoms with Crippen LogP contribution in [0, 0.1) is 0 Å². The average Bonchev–Trinajstić information content (AvgIpc) is 2.54. The van der Waals surface area contributed by atoms with Crippen LogP contribution in [0.25, 0.3) is 0 Å². The van der Waals surface area contributed by atoms with Gasteiger partial charge in [0.15, 0.2) is 0 Å². The molecule has 1 aliphatic rings. The van der Waals surface area contributed by atoms with Crippen molar-refractivity contribution in [1.82, 2.24) is 5.32 Å². The Morgan fingerprint density at radius 3 is 2.86 bits per heavy atom. The van der Waals surface area contributed by atoms with Crippen molar-refractivity contribution < 1.29 is 9.47 Å². The molecular formula is C16H25NO2S2. The highest BCUT2D eigenvalue weighted by atomic mass is 32.2. The maximum Gasteiger partial charge on any atom is 0.124 e. The zero-order valence-corrected chi connectivity index (χ0v) is 14.7. The van der Waals surface area contributed by atoms with Crippen molar-refractivity contribution in [1.29, 1.82) is 0 Å². The smallest absolute Gasteiger partial charge is 0.124 e. The van der Waals surface area contributed by atoms with Crippen LogP contribution in [-0.4, -0.2) is 43.3 Å². The third-order valence-electron chi connectivity index (χ3n) is 3.64. The maximum absolute atomic E-state index is 5.38. The quantitative estimate of drug-likeness (QED) is 0.830. The van der Waals surface area contributed by atoms with E-state index in [-0.39, 0.29) is 0 Å². The second-order valence-corrected chi connectivity index (χ2v) is 7.76. The zero-order chi connectivity index (χ0) is 15.1. The van der Waals surface area contributed by atoms with Crippen LogP contribution in [0.15, 0.2) is 18.2 Å². The van der Waals surface area contributed by atoms with Crippen LogP contribution in [0.1, 0.15) is 24.1 Å². The second-order valence-electron chi connectivity index (χ2n) is 5.20. The van der Waals surface area contributed by atoms with E-state index in [1.165, 1.54) is 22.8 Å². The largest absolute Gasteiger partial charge is 0.496 e. The molecule has 1 aromatic carbocycles. The molecule has 1 aliphatic heterocycles. The van der Waals surface area contributed by atoms with E-state index >= 15 is 0 Å². The number of hydrogen-bond donors (Lipinski definition) is 1. The van der Waals surface area contributed by atoms with Crippen molar-refractivity contribution in [2.24, 2.45) is 0 Å². The molecule has 2 atom stereocenters. The molecule has 3 nitrogen and oxygen atoms in total. The molecule has 1 fully saturated rings. The first kappa shape index (κ1) is 17.0. The number of nitrogens with one attached hydrogen (secondary N) is 1. The number of thioether (sulfide) groups is 2. The SMILES string of the molecule is COCc1cc(C(C)NCC2CSCCS2)ccc1OC. The molecule has 0 spiro atoms. The van der Waals surface area contributed by atoms with Crippen molar-refractivity contribution >= 4 is 23.5 Å². The van der Waals surface area contributed by atoms with E-state index in [9.17, 15) is 0 Å². The predicted molar refractivity (Wildman–Crippen MR) is 93.7 cm³/mol. The Bertz CT molecular complexity index is 436. The summed E-state index contributed by atoms with van der Waals surface area (Å²) < 4.78 is 10.6. The summed E-state index contributed by atoms with van der Waals surface area (Å²) in [5.41, 5.74) is 2.39. The summed E-state index contributed by atoms with van der Waals surface area (Å²) in [6, 6.07) is 6.70. The standard InChI is InChI=1S/C16H25NO2S2/c1-12(17-9-15-11-20-6-7-21-15)13-4-5-16(19-3)14(8-13)10-18-2/h4-5,8,12,15,17H,6-7,9-11H2,1-3H3. The highest BCUT2D eigenvalue weighted by Crippen LogP contribution is 2.26. The summed E-state index contributed by atoms with van der Waals surface area (Å²) in [5, 5.41) is 4.40. The second kappa shape index (κ2) is 8.93. The molecule has 0 aromatic heterocycles. The van der Waals surface area contributed by atoms with E-state index in [0.717, 1.165) is 23.1 Å². The Balaban J connectivity index is 1.94. The van der Waals surface area contributed by atoms with E-state index in [0.29, 0.717) is 12.6 Å². The molecule has 1 aromatic rings. The molecule has 0 bridgehead atoms. The minimum absolute atomic E-state index is 0.346. The van der Waals surface area contributed by atoms with Gasteiger partial charge >= 0.3 is 0 Å². The van der Waals surface area contributed by atoms with Gasteiger partial charge in [-0.2, -0.15) is 23.5 Å². The van der Waals surface area contributed by atoms with Gasteiger partial charge in [-0.3, -0.25) is 0 Å². The topological polar surface area (TPSA) is 30.5 Å². The van der Waals surface area contributed by atoms with Gasteiger partial charge in [0.2, 0.25) is 0 Å². The van der Waals surface area contributed by atoms with Gasteiger partial charge in [-0.25, -0.2) is 0 Å². The van der Waals surface area contributed by atoms with Crippen molar-refractivity contribution in [3.8, 4) is 5.75 Å². The molecule has 0 radical (unpaired) electrons. The molecule has 2 rings (SSSR count). The lowest BCUT2D eigenvalue weighted by Crippen LogP contribution is -2.30. The fourth-order valence-corrected chi connectivity index (χ4v) is 5.04. The average molecular weight is 328 g/mol. The van der Waals surface area contributed by atoms with Gasteiger partial charge in [-0.15, -0.1) is 0 Å². The first-order valence-electron chi connectivity index (χ1n) is 7.33. The molecule has 21 heavy (non-hydrogen) atoms. The van der Waals surface area contributed by atoms with Crippen LogP contribution in [0.5, 0.6) is 5.75 Å². The monoisotopic (exact) mass is 327 g/mol. The lowest BCUT2D eigenvalue weighted by Gasteiger charge is -2.24. The highest BCUT2D eigenvalue weighted by molar-refractivity contribution is 8.06. The lowest BCUT2D eigenvalue weighted by molar-refractivity contribution is 0.181. The molecule has 0 amide bonds. The summed E-state index contributed by atoms with van der Waals surface area (Å²) >= 11 is 4.16. The summed E-state index contributed by atoms with van der Waals surface area (Å²) in [5.74, 6) is 4.75. The fourth-order valence-electron chi connectivity index (χ4n) is 2.42. The number of ether oxygens (including phenoxy) is 2. The fraction of sp³-hybridized carbons (Fsp3) is 0.625. The number of methoxy groups -OCH3 is 2. The molecule has 1 heterocycles. The first-order valence-corrected chi connectivity index (χ1v) is 9.53. The number of hydrogen-bond acceptors (Lipinski definition) is 5. The third kappa shape index (κ3) is 5.09. The third-order valence-corrected chi connectivity index (χ3v) is 6.49. The highest BCUT2D eigenvalue weighted by Gasteiger charge is 2.16.